The molecule has 0 aromatic heterocycles. The second kappa shape index (κ2) is 4.62. The van der Waals surface area contributed by atoms with E-state index in [4.69, 9.17) is 5.73 Å². The van der Waals surface area contributed by atoms with Gasteiger partial charge in [-0.15, -0.1) is 0 Å². The van der Waals surface area contributed by atoms with E-state index in [9.17, 15) is 4.79 Å². The van der Waals surface area contributed by atoms with Gasteiger partial charge in [-0.2, -0.15) is 0 Å². The molecular formula is C12H23N3O. The van der Waals surface area contributed by atoms with Crippen molar-refractivity contribution in [2.75, 3.05) is 32.7 Å². The van der Waals surface area contributed by atoms with Gasteiger partial charge in [-0.1, -0.05) is 6.92 Å². The maximum atomic E-state index is 12.1. The van der Waals surface area contributed by atoms with Crippen molar-refractivity contribution in [1.82, 2.24) is 9.80 Å². The molecule has 0 aromatic rings. The number of likely N-dealkylation sites (tertiary alicyclic amines) is 2. The lowest BCUT2D eigenvalue weighted by Gasteiger charge is -2.39. The molecule has 4 heteroatoms. The number of urea groups is 1. The standard InChI is InChI=1S/C12H23N3O/c1-12(10-13)4-8-15(9-5-12)11(16)14-6-2-3-7-14/h2-10,13H2,1H3. The number of piperidine rings is 1. The zero-order valence-corrected chi connectivity index (χ0v) is 10.2. The first-order chi connectivity index (χ1) is 7.64. The highest BCUT2D eigenvalue weighted by atomic mass is 16.2. The van der Waals surface area contributed by atoms with Gasteiger partial charge < -0.3 is 15.5 Å². The van der Waals surface area contributed by atoms with Crippen LogP contribution >= 0.6 is 0 Å². The lowest BCUT2D eigenvalue weighted by molar-refractivity contribution is 0.113. The molecule has 2 fully saturated rings. The summed E-state index contributed by atoms with van der Waals surface area (Å²) in [6.45, 7) is 6.61. The van der Waals surface area contributed by atoms with Gasteiger partial charge in [0.25, 0.3) is 0 Å². The number of hydrogen-bond donors (Lipinski definition) is 1. The van der Waals surface area contributed by atoms with E-state index in [0.717, 1.165) is 45.6 Å². The van der Waals surface area contributed by atoms with Gasteiger partial charge in [0.15, 0.2) is 0 Å². The predicted octanol–water partition coefficient (Wildman–Crippen LogP) is 1.26. The maximum absolute atomic E-state index is 12.1. The molecule has 2 saturated heterocycles. The lowest BCUT2D eigenvalue weighted by atomic mass is 9.81. The van der Waals surface area contributed by atoms with Crippen LogP contribution in [0.25, 0.3) is 0 Å². The molecule has 2 aliphatic rings. The average molecular weight is 225 g/mol. The molecule has 4 nitrogen and oxygen atoms in total. The highest BCUT2D eigenvalue weighted by molar-refractivity contribution is 5.74. The number of carbonyl (C=O) groups excluding carboxylic acids is 1. The van der Waals surface area contributed by atoms with E-state index in [1.165, 1.54) is 12.8 Å². The Labute approximate surface area is 97.8 Å². The molecule has 2 N–H and O–H groups in total. The summed E-state index contributed by atoms with van der Waals surface area (Å²) in [4.78, 5) is 16.1. The fourth-order valence-electron chi connectivity index (χ4n) is 2.55. The fraction of sp³-hybridized carbons (Fsp3) is 0.917. The van der Waals surface area contributed by atoms with Gasteiger partial charge in [-0.3, -0.25) is 0 Å². The van der Waals surface area contributed by atoms with Crippen molar-refractivity contribution in [1.29, 1.82) is 0 Å². The second-order valence-electron chi connectivity index (χ2n) is 5.48. The Morgan fingerprint density at radius 1 is 1.12 bits per heavy atom. The van der Waals surface area contributed by atoms with Crippen molar-refractivity contribution in [2.45, 2.75) is 32.6 Å². The van der Waals surface area contributed by atoms with Crippen molar-refractivity contribution in [3.8, 4) is 0 Å². The van der Waals surface area contributed by atoms with Crippen LogP contribution in [0.4, 0.5) is 4.79 Å². The summed E-state index contributed by atoms with van der Waals surface area (Å²) in [5.41, 5.74) is 6.02. The molecule has 0 unspecified atom stereocenters. The SMILES string of the molecule is CC1(CN)CCN(C(=O)N2CCCC2)CC1. The molecular weight excluding hydrogens is 202 g/mol. The van der Waals surface area contributed by atoms with E-state index in [2.05, 4.69) is 6.92 Å². The van der Waals surface area contributed by atoms with Crippen molar-refractivity contribution in [3.63, 3.8) is 0 Å². The van der Waals surface area contributed by atoms with E-state index in [1.54, 1.807) is 0 Å². The minimum Gasteiger partial charge on any atom is -0.330 e. The van der Waals surface area contributed by atoms with Gasteiger partial charge in [0.1, 0.15) is 0 Å². The maximum Gasteiger partial charge on any atom is 0.319 e. The molecule has 0 spiro atoms. The average Bonchev–Trinajstić information content (AvgIpc) is 2.83. The molecule has 0 bridgehead atoms. The Morgan fingerprint density at radius 3 is 2.12 bits per heavy atom. The first-order valence-electron chi connectivity index (χ1n) is 6.39. The number of carbonyl (C=O) groups is 1. The van der Waals surface area contributed by atoms with E-state index in [0.29, 0.717) is 0 Å². The van der Waals surface area contributed by atoms with Crippen LogP contribution in [0.1, 0.15) is 32.6 Å². The molecule has 0 saturated carbocycles. The normalized spacial score (nSPS) is 24.9. The summed E-state index contributed by atoms with van der Waals surface area (Å²) in [6, 6.07) is 0.247. The highest BCUT2D eigenvalue weighted by Gasteiger charge is 2.32. The minimum absolute atomic E-state index is 0.247. The zero-order chi connectivity index (χ0) is 11.6. The van der Waals surface area contributed by atoms with Gasteiger partial charge in [0.05, 0.1) is 0 Å². The molecule has 0 aromatic carbocycles. The Kier molecular flexibility index (Phi) is 3.38. The molecule has 0 aliphatic carbocycles. The fourth-order valence-corrected chi connectivity index (χ4v) is 2.55. The van der Waals surface area contributed by atoms with Gasteiger partial charge in [-0.25, -0.2) is 4.79 Å². The van der Waals surface area contributed by atoms with E-state index in [1.807, 2.05) is 9.80 Å². The second-order valence-corrected chi connectivity index (χ2v) is 5.48. The summed E-state index contributed by atoms with van der Waals surface area (Å²) < 4.78 is 0. The van der Waals surface area contributed by atoms with Crippen LogP contribution < -0.4 is 5.73 Å². The largest absolute Gasteiger partial charge is 0.330 e. The Morgan fingerprint density at radius 2 is 1.62 bits per heavy atom. The van der Waals surface area contributed by atoms with Crippen LogP contribution in [0, 0.1) is 5.41 Å². The van der Waals surface area contributed by atoms with Crippen LogP contribution in [0.2, 0.25) is 0 Å². The van der Waals surface area contributed by atoms with Crippen molar-refractivity contribution in [2.24, 2.45) is 11.1 Å². The molecule has 0 radical (unpaired) electrons. The number of rotatable bonds is 1. The van der Waals surface area contributed by atoms with E-state index >= 15 is 0 Å². The summed E-state index contributed by atoms with van der Waals surface area (Å²) >= 11 is 0. The number of nitrogens with zero attached hydrogens (tertiary/aromatic N) is 2. The van der Waals surface area contributed by atoms with Gasteiger partial charge in [0.2, 0.25) is 0 Å². The minimum atomic E-state index is 0.247. The van der Waals surface area contributed by atoms with Crippen molar-refractivity contribution in [3.05, 3.63) is 0 Å². The molecule has 2 aliphatic heterocycles. The highest BCUT2D eigenvalue weighted by Crippen LogP contribution is 2.30. The third-order valence-electron chi connectivity index (χ3n) is 4.11. The number of amides is 2. The lowest BCUT2D eigenvalue weighted by Crippen LogP contribution is -2.49. The molecule has 16 heavy (non-hydrogen) atoms. The van der Waals surface area contributed by atoms with Crippen molar-refractivity contribution >= 4 is 6.03 Å². The zero-order valence-electron chi connectivity index (χ0n) is 10.2. The summed E-state index contributed by atoms with van der Waals surface area (Å²) in [7, 11) is 0. The Hall–Kier alpha value is -0.770. The molecule has 92 valence electrons. The van der Waals surface area contributed by atoms with Crippen LogP contribution in [-0.4, -0.2) is 48.6 Å². The van der Waals surface area contributed by atoms with E-state index < -0.39 is 0 Å². The predicted molar refractivity (Wildman–Crippen MR) is 64.2 cm³/mol. The topological polar surface area (TPSA) is 49.6 Å². The summed E-state index contributed by atoms with van der Waals surface area (Å²) in [5, 5.41) is 0. The molecule has 2 amide bonds. The Balaban J connectivity index is 1.86. The number of nitrogens with two attached hydrogens (primary N) is 1. The van der Waals surface area contributed by atoms with Crippen LogP contribution in [0.5, 0.6) is 0 Å². The third-order valence-corrected chi connectivity index (χ3v) is 4.11. The van der Waals surface area contributed by atoms with Crippen LogP contribution in [0.3, 0.4) is 0 Å². The van der Waals surface area contributed by atoms with E-state index in [-0.39, 0.29) is 11.4 Å². The van der Waals surface area contributed by atoms with Crippen LogP contribution in [-0.2, 0) is 0 Å². The monoisotopic (exact) mass is 225 g/mol. The molecule has 2 heterocycles. The first kappa shape index (κ1) is 11.7. The number of hydrogen-bond acceptors (Lipinski definition) is 2. The van der Waals surface area contributed by atoms with Crippen LogP contribution in [0.15, 0.2) is 0 Å². The summed E-state index contributed by atoms with van der Waals surface area (Å²) in [5.74, 6) is 0. The summed E-state index contributed by atoms with van der Waals surface area (Å²) in [6.07, 6.45) is 4.42. The van der Waals surface area contributed by atoms with Gasteiger partial charge in [-0.05, 0) is 37.6 Å². The molecule has 0 atom stereocenters. The molecule has 2 rings (SSSR count). The van der Waals surface area contributed by atoms with Gasteiger partial charge in [0, 0.05) is 26.2 Å². The smallest absolute Gasteiger partial charge is 0.319 e. The Bertz CT molecular complexity index is 253. The first-order valence-corrected chi connectivity index (χ1v) is 6.39. The third kappa shape index (κ3) is 2.32. The van der Waals surface area contributed by atoms with Crippen molar-refractivity contribution < 1.29 is 4.79 Å². The quantitative estimate of drug-likeness (QED) is 0.730. The van der Waals surface area contributed by atoms with Gasteiger partial charge >= 0.3 is 6.03 Å².